The maximum absolute atomic E-state index is 11.1. The largest absolute Gasteiger partial charge is 0.488 e. The van der Waals surface area contributed by atoms with E-state index < -0.39 is 0 Å². The zero-order chi connectivity index (χ0) is 16.8. The highest BCUT2D eigenvalue weighted by atomic mass is 35.5. The third kappa shape index (κ3) is 4.59. The first-order valence-electron chi connectivity index (χ1n) is 7.21. The van der Waals surface area contributed by atoms with Gasteiger partial charge in [-0.1, -0.05) is 47.6 Å². The third-order valence-corrected chi connectivity index (χ3v) is 4.23. The molecule has 1 aliphatic rings. The highest BCUT2D eigenvalue weighted by Gasteiger charge is 2.15. The van der Waals surface area contributed by atoms with Crippen LogP contribution in [-0.4, -0.2) is 23.0 Å². The van der Waals surface area contributed by atoms with Gasteiger partial charge in [-0.05, 0) is 29.8 Å². The molecule has 0 aliphatic carbocycles. The van der Waals surface area contributed by atoms with Crippen LogP contribution in [0.4, 0.5) is 0 Å². The first-order chi connectivity index (χ1) is 11.7. The summed E-state index contributed by atoms with van der Waals surface area (Å²) < 4.78 is 5.84. The Labute approximate surface area is 148 Å². The molecular weight excluding hydrogens is 346 g/mol. The molecule has 0 aromatic heterocycles. The lowest BCUT2D eigenvalue weighted by molar-refractivity contribution is -0.116. The van der Waals surface area contributed by atoms with Gasteiger partial charge in [-0.2, -0.15) is 5.10 Å². The predicted molar refractivity (Wildman–Crippen MR) is 97.9 cm³/mol. The molecule has 0 atom stereocenters. The summed E-state index contributed by atoms with van der Waals surface area (Å²) in [5, 5.41) is 11.8. The smallest absolute Gasteiger partial charge is 0.236 e. The summed E-state index contributed by atoms with van der Waals surface area (Å²) in [7, 11) is 0. The number of nitrogens with zero attached hydrogens (tertiary/aromatic N) is 2. The summed E-state index contributed by atoms with van der Waals surface area (Å²) in [4.78, 5) is 11.1. The number of nitrogens with one attached hydrogen (secondary N) is 1. The Hall–Kier alpha value is -2.31. The quantitative estimate of drug-likeness (QED) is 0.656. The van der Waals surface area contributed by atoms with Gasteiger partial charge in [-0.25, -0.2) is 0 Å². The molecule has 1 aliphatic heterocycles. The Morgan fingerprint density at radius 2 is 2.12 bits per heavy atom. The molecule has 0 spiro atoms. The number of halogens is 1. The summed E-state index contributed by atoms with van der Waals surface area (Å²) in [6.07, 6.45) is 1.60. The number of benzene rings is 2. The van der Waals surface area contributed by atoms with Crippen molar-refractivity contribution < 1.29 is 9.53 Å². The van der Waals surface area contributed by atoms with E-state index in [9.17, 15) is 4.79 Å². The second-order valence-electron chi connectivity index (χ2n) is 4.94. The van der Waals surface area contributed by atoms with Crippen LogP contribution < -0.4 is 10.1 Å². The van der Waals surface area contributed by atoms with Gasteiger partial charge in [0.25, 0.3) is 0 Å². The molecular formula is C17H14ClN3O2S. The van der Waals surface area contributed by atoms with Gasteiger partial charge >= 0.3 is 0 Å². The monoisotopic (exact) mass is 359 g/mol. The second kappa shape index (κ2) is 7.99. The predicted octanol–water partition coefficient (Wildman–Crippen LogP) is 3.47. The number of amidine groups is 1. The molecule has 0 bridgehead atoms. The van der Waals surface area contributed by atoms with Crippen LogP contribution in [0.3, 0.4) is 0 Å². The van der Waals surface area contributed by atoms with E-state index in [4.69, 9.17) is 16.3 Å². The molecule has 2 aromatic rings. The van der Waals surface area contributed by atoms with Crippen molar-refractivity contribution in [1.82, 2.24) is 5.32 Å². The first kappa shape index (κ1) is 16.5. The van der Waals surface area contributed by atoms with E-state index in [0.29, 0.717) is 28.3 Å². The number of thioether (sulfide) groups is 1. The minimum Gasteiger partial charge on any atom is -0.488 e. The molecule has 0 saturated carbocycles. The number of para-hydroxylation sites is 1. The molecule has 122 valence electrons. The molecule has 24 heavy (non-hydrogen) atoms. The molecule has 2 aromatic carbocycles. The minimum atomic E-state index is -0.0563. The summed E-state index contributed by atoms with van der Waals surface area (Å²) in [6, 6.07) is 15.1. The van der Waals surface area contributed by atoms with Crippen molar-refractivity contribution in [2.75, 3.05) is 5.75 Å². The molecule has 1 amide bonds. The van der Waals surface area contributed by atoms with Gasteiger partial charge in [0.2, 0.25) is 5.91 Å². The molecule has 5 nitrogen and oxygen atoms in total. The first-order valence-corrected chi connectivity index (χ1v) is 8.57. The van der Waals surface area contributed by atoms with Gasteiger partial charge in [0.05, 0.1) is 12.0 Å². The fraction of sp³-hybridized carbons (Fsp3) is 0.118. The van der Waals surface area contributed by atoms with Crippen LogP contribution in [0, 0.1) is 0 Å². The van der Waals surface area contributed by atoms with Crippen molar-refractivity contribution in [3.05, 3.63) is 64.7 Å². The summed E-state index contributed by atoms with van der Waals surface area (Å²) >= 11 is 7.31. The number of rotatable bonds is 5. The third-order valence-electron chi connectivity index (χ3n) is 3.13. The minimum absolute atomic E-state index is 0.0563. The molecule has 1 heterocycles. The summed E-state index contributed by atoms with van der Waals surface area (Å²) in [5.41, 5.74) is 1.79. The van der Waals surface area contributed by atoms with E-state index in [1.54, 1.807) is 6.21 Å². The van der Waals surface area contributed by atoms with Crippen LogP contribution in [0.15, 0.2) is 58.7 Å². The Morgan fingerprint density at radius 1 is 1.25 bits per heavy atom. The van der Waals surface area contributed by atoms with Crippen molar-refractivity contribution >= 4 is 40.7 Å². The Kier molecular flexibility index (Phi) is 5.51. The van der Waals surface area contributed by atoms with Crippen LogP contribution in [0.1, 0.15) is 11.1 Å². The van der Waals surface area contributed by atoms with Gasteiger partial charge in [0, 0.05) is 10.6 Å². The van der Waals surface area contributed by atoms with Crippen molar-refractivity contribution in [2.24, 2.45) is 10.2 Å². The Bertz CT molecular complexity index is 808. The number of hydrogen-bond donors (Lipinski definition) is 1. The fourth-order valence-corrected chi connectivity index (χ4v) is 2.87. The highest BCUT2D eigenvalue weighted by molar-refractivity contribution is 8.15. The highest BCUT2D eigenvalue weighted by Crippen LogP contribution is 2.19. The maximum Gasteiger partial charge on any atom is 0.236 e. The van der Waals surface area contributed by atoms with Gasteiger partial charge in [0.15, 0.2) is 5.17 Å². The molecule has 7 heteroatoms. The lowest BCUT2D eigenvalue weighted by atomic mass is 10.2. The average Bonchev–Trinajstić information content (AvgIpc) is 2.99. The number of amides is 1. The second-order valence-corrected chi connectivity index (χ2v) is 6.34. The van der Waals surface area contributed by atoms with Gasteiger partial charge in [0.1, 0.15) is 12.4 Å². The van der Waals surface area contributed by atoms with E-state index in [0.717, 1.165) is 11.1 Å². The van der Waals surface area contributed by atoms with E-state index in [1.165, 1.54) is 11.8 Å². The lowest BCUT2D eigenvalue weighted by Gasteiger charge is -2.09. The zero-order valence-electron chi connectivity index (χ0n) is 12.6. The molecule has 0 unspecified atom stereocenters. The van der Waals surface area contributed by atoms with Crippen molar-refractivity contribution in [1.29, 1.82) is 0 Å². The zero-order valence-corrected chi connectivity index (χ0v) is 14.2. The standard InChI is InChI=1S/C17H14ClN3O2S/c18-14-6-3-4-12(8-14)10-23-15-7-2-1-5-13(15)9-19-21-17-20-16(22)11-24-17/h1-9H,10-11H2,(H,20,21,22). The topological polar surface area (TPSA) is 63.0 Å². The molecule has 0 radical (unpaired) electrons. The number of carbonyl (C=O) groups is 1. The van der Waals surface area contributed by atoms with Crippen LogP contribution in [-0.2, 0) is 11.4 Å². The van der Waals surface area contributed by atoms with Gasteiger partial charge in [-0.3, -0.25) is 4.79 Å². The van der Waals surface area contributed by atoms with Gasteiger partial charge < -0.3 is 10.1 Å². The number of ether oxygens (including phenoxy) is 1. The molecule has 3 rings (SSSR count). The Balaban J connectivity index is 1.67. The summed E-state index contributed by atoms with van der Waals surface area (Å²) in [6.45, 7) is 0.409. The van der Waals surface area contributed by atoms with Gasteiger partial charge in [-0.15, -0.1) is 5.10 Å². The van der Waals surface area contributed by atoms with Crippen LogP contribution in [0.2, 0.25) is 5.02 Å². The number of carbonyl (C=O) groups excluding carboxylic acids is 1. The maximum atomic E-state index is 11.1. The van der Waals surface area contributed by atoms with Crippen LogP contribution in [0.5, 0.6) is 5.75 Å². The van der Waals surface area contributed by atoms with E-state index in [2.05, 4.69) is 15.5 Å². The van der Waals surface area contributed by atoms with Crippen molar-refractivity contribution in [3.63, 3.8) is 0 Å². The van der Waals surface area contributed by atoms with Crippen LogP contribution in [0.25, 0.3) is 0 Å². The van der Waals surface area contributed by atoms with E-state index >= 15 is 0 Å². The summed E-state index contributed by atoms with van der Waals surface area (Å²) in [5.74, 6) is 1.02. The molecule has 1 fully saturated rings. The van der Waals surface area contributed by atoms with Crippen molar-refractivity contribution in [2.45, 2.75) is 6.61 Å². The van der Waals surface area contributed by atoms with E-state index in [1.807, 2.05) is 48.5 Å². The fourth-order valence-electron chi connectivity index (χ4n) is 2.03. The Morgan fingerprint density at radius 3 is 2.92 bits per heavy atom. The number of hydrogen-bond acceptors (Lipinski definition) is 5. The van der Waals surface area contributed by atoms with Crippen LogP contribution >= 0.6 is 23.4 Å². The SMILES string of the molecule is O=C1CSC(=NN=Cc2ccccc2OCc2cccc(Cl)c2)N1. The lowest BCUT2D eigenvalue weighted by Crippen LogP contribution is -2.19. The van der Waals surface area contributed by atoms with E-state index in [-0.39, 0.29) is 5.91 Å². The molecule has 1 saturated heterocycles. The normalized spacial score (nSPS) is 15.9. The van der Waals surface area contributed by atoms with Crippen molar-refractivity contribution in [3.8, 4) is 5.75 Å². The molecule has 1 N–H and O–H groups in total. The average molecular weight is 360 g/mol.